The molecule has 1 aromatic carbocycles. The summed E-state index contributed by atoms with van der Waals surface area (Å²) in [6, 6.07) is 6.77. The third kappa shape index (κ3) is 2.65. The van der Waals surface area contributed by atoms with E-state index in [0.29, 0.717) is 24.7 Å². The number of carbonyl (C=O) groups is 1. The Morgan fingerprint density at radius 3 is 2.74 bits per heavy atom. The number of ether oxygens (including phenoxy) is 2. The highest BCUT2D eigenvalue weighted by molar-refractivity contribution is 8.93. The fraction of sp³-hybridized carbons (Fsp3) is 0.682. The highest BCUT2D eigenvalue weighted by atomic mass is 79.9. The van der Waals surface area contributed by atoms with Crippen LogP contribution < -0.4 is 4.74 Å². The number of hydrogen-bond acceptors (Lipinski definition) is 4. The van der Waals surface area contributed by atoms with Gasteiger partial charge in [0.05, 0.1) is 12.7 Å². The first-order valence-corrected chi connectivity index (χ1v) is 10.1. The lowest BCUT2D eigenvalue weighted by atomic mass is 9.49. The van der Waals surface area contributed by atoms with Crippen LogP contribution in [0.5, 0.6) is 5.75 Å². The molecule has 5 heteroatoms. The third-order valence-corrected chi connectivity index (χ3v) is 7.67. The molecule has 1 aromatic rings. The summed E-state index contributed by atoms with van der Waals surface area (Å²) < 4.78 is 12.2. The zero-order chi connectivity index (χ0) is 17.9. The summed E-state index contributed by atoms with van der Waals surface area (Å²) in [5.74, 6) is 2.19. The maximum absolute atomic E-state index is 12.6. The van der Waals surface area contributed by atoms with Crippen LogP contribution in [0.3, 0.4) is 0 Å². The van der Waals surface area contributed by atoms with Crippen LogP contribution in [0, 0.1) is 5.92 Å². The third-order valence-electron chi connectivity index (χ3n) is 7.67. The van der Waals surface area contributed by atoms with Gasteiger partial charge in [0.2, 0.25) is 0 Å². The average Bonchev–Trinajstić information content (AvgIpc) is 3.47. The van der Waals surface area contributed by atoms with E-state index in [-0.39, 0.29) is 28.0 Å². The first-order chi connectivity index (χ1) is 12.6. The predicted molar refractivity (Wildman–Crippen MR) is 110 cm³/mol. The van der Waals surface area contributed by atoms with E-state index in [0.717, 1.165) is 37.5 Å². The van der Waals surface area contributed by atoms with Crippen LogP contribution in [0.15, 0.2) is 18.2 Å². The Kier molecular flexibility index (Phi) is 4.93. The number of nitrogens with zero attached hydrogens (tertiary/aromatic N) is 1. The van der Waals surface area contributed by atoms with Crippen LogP contribution in [0.2, 0.25) is 0 Å². The first-order valence-electron chi connectivity index (χ1n) is 10.1. The standard InChI is InChI=1S/C22H29NO3.BrH/c1-25-18-5-3-4-16-12-19-22(26-2)9-8-17(24)13-21(22,20(16)18)10-11-23(19)14-15-6-7-15;/h3-5,15,19H,6-14H2,1-2H3;1H/t19-,21-,22-;/m1./s1. The molecule has 0 aromatic heterocycles. The van der Waals surface area contributed by atoms with Crippen LogP contribution in [0.4, 0.5) is 0 Å². The molecule has 4 aliphatic rings. The van der Waals surface area contributed by atoms with Crippen molar-refractivity contribution in [2.75, 3.05) is 27.3 Å². The van der Waals surface area contributed by atoms with Crippen molar-refractivity contribution in [3.8, 4) is 5.75 Å². The van der Waals surface area contributed by atoms with Gasteiger partial charge in [-0.3, -0.25) is 9.69 Å². The van der Waals surface area contributed by atoms with Crippen molar-refractivity contribution in [2.45, 2.75) is 62.0 Å². The second-order valence-electron chi connectivity index (χ2n) is 8.79. The Labute approximate surface area is 172 Å². The number of hydrogen-bond donors (Lipinski definition) is 0. The van der Waals surface area contributed by atoms with Gasteiger partial charge in [0.1, 0.15) is 11.5 Å². The van der Waals surface area contributed by atoms with Crippen molar-refractivity contribution in [2.24, 2.45) is 5.92 Å². The van der Waals surface area contributed by atoms with Crippen LogP contribution in [-0.2, 0) is 21.4 Å². The number of rotatable bonds is 4. The second-order valence-corrected chi connectivity index (χ2v) is 8.79. The molecule has 27 heavy (non-hydrogen) atoms. The Hall–Kier alpha value is -0.910. The summed E-state index contributed by atoms with van der Waals surface area (Å²) in [7, 11) is 3.62. The molecule has 2 saturated carbocycles. The molecule has 4 nitrogen and oxygen atoms in total. The van der Waals surface area contributed by atoms with Crippen LogP contribution >= 0.6 is 17.0 Å². The van der Waals surface area contributed by atoms with Crippen molar-refractivity contribution >= 4 is 22.8 Å². The fourth-order valence-corrected chi connectivity index (χ4v) is 6.38. The Balaban J connectivity index is 0.00000180. The molecule has 1 saturated heterocycles. The smallest absolute Gasteiger partial charge is 0.134 e. The van der Waals surface area contributed by atoms with Gasteiger partial charge < -0.3 is 9.47 Å². The van der Waals surface area contributed by atoms with E-state index in [4.69, 9.17) is 9.47 Å². The zero-order valence-corrected chi connectivity index (χ0v) is 18.0. The quantitative estimate of drug-likeness (QED) is 0.722. The summed E-state index contributed by atoms with van der Waals surface area (Å²) in [4.78, 5) is 15.3. The maximum atomic E-state index is 12.6. The van der Waals surface area contributed by atoms with Crippen LogP contribution in [0.25, 0.3) is 0 Å². The summed E-state index contributed by atoms with van der Waals surface area (Å²) in [6.07, 6.45) is 6.82. The lowest BCUT2D eigenvalue weighted by Crippen LogP contribution is -2.74. The van der Waals surface area contributed by atoms with E-state index in [2.05, 4.69) is 23.1 Å². The van der Waals surface area contributed by atoms with Crippen molar-refractivity contribution in [1.29, 1.82) is 0 Å². The second kappa shape index (κ2) is 6.85. The molecule has 2 bridgehead atoms. The Morgan fingerprint density at radius 1 is 1.22 bits per heavy atom. The molecule has 148 valence electrons. The Morgan fingerprint density at radius 2 is 2.04 bits per heavy atom. The molecular weight excluding hydrogens is 406 g/mol. The van der Waals surface area contributed by atoms with Gasteiger partial charge in [-0.25, -0.2) is 0 Å². The SMILES string of the molecule is Br.COc1cccc2c1[C@]13CCN(CC4CC4)[C@H](C2)[C@]1(OC)CCC(=O)C3. The number of piperidine rings is 1. The summed E-state index contributed by atoms with van der Waals surface area (Å²) in [5, 5.41) is 0. The lowest BCUT2D eigenvalue weighted by molar-refractivity contribution is -0.188. The van der Waals surface area contributed by atoms with Crippen molar-refractivity contribution in [3.63, 3.8) is 0 Å². The van der Waals surface area contributed by atoms with Gasteiger partial charge >= 0.3 is 0 Å². The van der Waals surface area contributed by atoms with Crippen molar-refractivity contribution in [1.82, 2.24) is 4.90 Å². The number of methoxy groups -OCH3 is 2. The molecule has 1 aliphatic heterocycles. The average molecular weight is 436 g/mol. The van der Waals surface area contributed by atoms with E-state index in [9.17, 15) is 4.79 Å². The maximum Gasteiger partial charge on any atom is 0.134 e. The van der Waals surface area contributed by atoms with Gasteiger partial charge in [0, 0.05) is 43.5 Å². The summed E-state index contributed by atoms with van der Waals surface area (Å²) in [5.41, 5.74) is 2.12. The van der Waals surface area contributed by atoms with Gasteiger partial charge in [-0.2, -0.15) is 0 Å². The first kappa shape index (κ1) is 19.4. The van der Waals surface area contributed by atoms with E-state index in [1.165, 1.54) is 30.5 Å². The predicted octanol–water partition coefficient (Wildman–Crippen LogP) is 3.69. The topological polar surface area (TPSA) is 38.8 Å². The van der Waals surface area contributed by atoms with E-state index < -0.39 is 0 Å². The molecule has 5 rings (SSSR count). The number of fused-ring (bicyclic) bond motifs is 1. The number of likely N-dealkylation sites (tertiary alicyclic amines) is 1. The molecular formula is C22H30BrNO3. The fourth-order valence-electron chi connectivity index (χ4n) is 6.38. The van der Waals surface area contributed by atoms with E-state index in [1.807, 2.05) is 7.11 Å². The Bertz CT molecular complexity index is 749. The number of carbonyl (C=O) groups excluding carboxylic acids is 1. The van der Waals surface area contributed by atoms with Gasteiger partial charge in [0.25, 0.3) is 0 Å². The van der Waals surface area contributed by atoms with E-state index in [1.54, 1.807) is 7.11 Å². The number of Topliss-reactive ketones (excluding diaryl/α,β-unsaturated/α-hetero) is 1. The molecule has 3 aliphatic carbocycles. The van der Waals surface area contributed by atoms with E-state index >= 15 is 0 Å². The summed E-state index contributed by atoms with van der Waals surface area (Å²) >= 11 is 0. The largest absolute Gasteiger partial charge is 0.496 e. The minimum Gasteiger partial charge on any atom is -0.496 e. The molecule has 0 radical (unpaired) electrons. The normalized spacial score (nSPS) is 35.0. The zero-order valence-electron chi connectivity index (χ0n) is 16.3. The van der Waals surface area contributed by atoms with Crippen molar-refractivity contribution < 1.29 is 14.3 Å². The molecule has 0 N–H and O–H groups in total. The van der Waals surface area contributed by atoms with Gasteiger partial charge in [-0.1, -0.05) is 12.1 Å². The van der Waals surface area contributed by atoms with Gasteiger partial charge in [0.15, 0.2) is 0 Å². The molecule has 0 amide bonds. The minimum atomic E-state index is -0.268. The van der Waals surface area contributed by atoms with Gasteiger partial charge in [-0.05, 0) is 56.2 Å². The number of ketones is 1. The van der Waals surface area contributed by atoms with Crippen molar-refractivity contribution in [3.05, 3.63) is 29.3 Å². The molecule has 0 unspecified atom stereocenters. The summed E-state index contributed by atoms with van der Waals surface area (Å²) in [6.45, 7) is 2.26. The molecule has 3 atom stereocenters. The molecule has 0 spiro atoms. The van der Waals surface area contributed by atoms with Gasteiger partial charge in [-0.15, -0.1) is 17.0 Å². The van der Waals surface area contributed by atoms with Crippen LogP contribution in [0.1, 0.15) is 49.7 Å². The minimum absolute atomic E-state index is 0. The monoisotopic (exact) mass is 435 g/mol. The highest BCUT2D eigenvalue weighted by Gasteiger charge is 2.66. The number of benzene rings is 1. The number of halogens is 1. The molecule has 1 heterocycles. The van der Waals surface area contributed by atoms with Crippen LogP contribution in [-0.4, -0.2) is 49.6 Å². The lowest BCUT2D eigenvalue weighted by Gasteiger charge is -2.65. The highest BCUT2D eigenvalue weighted by Crippen LogP contribution is 2.61. The molecule has 3 fully saturated rings.